The predicted octanol–water partition coefficient (Wildman–Crippen LogP) is 6.69. The second-order valence-corrected chi connectivity index (χ2v) is 10.3. The van der Waals surface area contributed by atoms with Crippen molar-refractivity contribution in [3.8, 4) is 17.3 Å². The van der Waals surface area contributed by atoms with Gasteiger partial charge in [-0.1, -0.05) is 30.3 Å². The summed E-state index contributed by atoms with van der Waals surface area (Å²) in [6, 6.07) is 20.8. The molecule has 0 aliphatic carbocycles. The van der Waals surface area contributed by atoms with E-state index in [1.54, 1.807) is 12.3 Å². The minimum absolute atomic E-state index is 0.0789. The fraction of sp³-hybridized carbons (Fsp3) is 0.115. The van der Waals surface area contributed by atoms with Gasteiger partial charge >= 0.3 is 0 Å². The molecule has 34 heavy (non-hydrogen) atoms. The predicted molar refractivity (Wildman–Crippen MR) is 152 cm³/mol. The molecular weight excluding hydrogens is 656 g/mol. The molecular formula is C26H19I2N3O3. The SMILES string of the molecule is CC(C)Oc1c(I)cc(C=Nn2c(-c3cc4ccccc4o3)nc3ccccc3c2=O)cc1I. The number of hydrogen-bond donors (Lipinski definition) is 0. The van der Waals surface area contributed by atoms with Crippen molar-refractivity contribution in [2.75, 3.05) is 0 Å². The summed E-state index contributed by atoms with van der Waals surface area (Å²) in [5.74, 6) is 1.67. The third kappa shape index (κ3) is 4.48. The first-order valence-corrected chi connectivity index (χ1v) is 12.8. The Hall–Kier alpha value is -2.73. The fourth-order valence-corrected chi connectivity index (χ4v) is 5.68. The van der Waals surface area contributed by atoms with E-state index in [0.29, 0.717) is 22.5 Å². The van der Waals surface area contributed by atoms with Gasteiger partial charge in [-0.25, -0.2) is 4.98 Å². The molecule has 2 aromatic heterocycles. The third-order valence-corrected chi connectivity index (χ3v) is 6.70. The summed E-state index contributed by atoms with van der Waals surface area (Å²) >= 11 is 4.51. The van der Waals surface area contributed by atoms with Crippen LogP contribution >= 0.6 is 45.2 Å². The highest BCUT2D eigenvalue weighted by Crippen LogP contribution is 2.30. The van der Waals surface area contributed by atoms with Crippen LogP contribution in [0.2, 0.25) is 0 Å². The quantitative estimate of drug-likeness (QED) is 0.154. The molecule has 6 nitrogen and oxygen atoms in total. The molecule has 3 aromatic carbocycles. The third-order valence-electron chi connectivity index (χ3n) is 5.10. The number of hydrogen-bond acceptors (Lipinski definition) is 5. The number of rotatable bonds is 5. The van der Waals surface area contributed by atoms with Crippen LogP contribution < -0.4 is 10.3 Å². The molecule has 0 spiro atoms. The maximum absolute atomic E-state index is 13.4. The molecule has 0 aliphatic rings. The number of para-hydroxylation sites is 2. The van der Waals surface area contributed by atoms with Crippen molar-refractivity contribution in [2.45, 2.75) is 20.0 Å². The van der Waals surface area contributed by atoms with Crippen molar-refractivity contribution >= 4 is 73.3 Å². The number of halogens is 2. The van der Waals surface area contributed by atoms with E-state index in [2.05, 4.69) is 50.3 Å². The Morgan fingerprint density at radius 3 is 2.47 bits per heavy atom. The molecule has 8 heteroatoms. The van der Waals surface area contributed by atoms with Crippen LogP contribution in [0.3, 0.4) is 0 Å². The summed E-state index contributed by atoms with van der Waals surface area (Å²) in [4.78, 5) is 18.1. The molecule has 0 N–H and O–H groups in total. The smallest absolute Gasteiger partial charge is 0.282 e. The van der Waals surface area contributed by atoms with Gasteiger partial charge in [0.05, 0.1) is 30.4 Å². The van der Waals surface area contributed by atoms with Crippen LogP contribution in [0.15, 0.2) is 81.0 Å². The van der Waals surface area contributed by atoms with Crippen molar-refractivity contribution in [3.05, 3.63) is 89.8 Å². The van der Waals surface area contributed by atoms with E-state index in [0.717, 1.165) is 29.4 Å². The molecule has 0 aliphatic heterocycles. The lowest BCUT2D eigenvalue weighted by molar-refractivity contribution is 0.239. The second kappa shape index (κ2) is 9.49. The van der Waals surface area contributed by atoms with E-state index in [9.17, 15) is 4.79 Å². The first kappa shape index (κ1) is 23.0. The van der Waals surface area contributed by atoms with Crippen LogP contribution in [0, 0.1) is 7.14 Å². The lowest BCUT2D eigenvalue weighted by Crippen LogP contribution is -2.20. The number of fused-ring (bicyclic) bond motifs is 2. The van der Waals surface area contributed by atoms with Crippen molar-refractivity contribution in [1.82, 2.24) is 9.66 Å². The van der Waals surface area contributed by atoms with E-state index < -0.39 is 0 Å². The van der Waals surface area contributed by atoms with Gasteiger partial charge in [-0.3, -0.25) is 4.79 Å². The highest BCUT2D eigenvalue weighted by Gasteiger charge is 2.16. The van der Waals surface area contributed by atoms with Gasteiger partial charge in [-0.2, -0.15) is 9.78 Å². The number of nitrogens with zero attached hydrogens (tertiary/aromatic N) is 3. The van der Waals surface area contributed by atoms with Gasteiger partial charge in [0.15, 0.2) is 5.76 Å². The number of ether oxygens (including phenoxy) is 1. The minimum atomic E-state index is -0.263. The van der Waals surface area contributed by atoms with Crippen LogP contribution in [0.5, 0.6) is 5.75 Å². The van der Waals surface area contributed by atoms with Gasteiger partial charge in [-0.05, 0) is 101 Å². The van der Waals surface area contributed by atoms with Crippen LogP contribution in [0.25, 0.3) is 33.5 Å². The fourth-order valence-electron chi connectivity index (χ4n) is 3.61. The van der Waals surface area contributed by atoms with Gasteiger partial charge in [0.1, 0.15) is 11.3 Å². The Kier molecular flexibility index (Phi) is 6.43. The summed E-state index contributed by atoms with van der Waals surface area (Å²) in [5.41, 5.74) is 1.90. The Bertz CT molecular complexity index is 1560. The molecule has 170 valence electrons. The monoisotopic (exact) mass is 675 g/mol. The summed E-state index contributed by atoms with van der Waals surface area (Å²) in [6.45, 7) is 4.00. The zero-order valence-electron chi connectivity index (χ0n) is 18.3. The maximum Gasteiger partial charge on any atom is 0.282 e. The molecule has 5 aromatic rings. The minimum Gasteiger partial charge on any atom is -0.489 e. The molecule has 0 radical (unpaired) electrons. The van der Waals surface area contributed by atoms with E-state index in [1.165, 1.54) is 4.68 Å². The van der Waals surface area contributed by atoms with Crippen molar-refractivity contribution in [1.29, 1.82) is 0 Å². The molecule has 0 saturated carbocycles. The van der Waals surface area contributed by atoms with Crippen LogP contribution in [-0.2, 0) is 0 Å². The molecule has 0 saturated heterocycles. The summed E-state index contributed by atoms with van der Waals surface area (Å²) in [7, 11) is 0. The second-order valence-electron chi connectivity index (χ2n) is 7.94. The standard InChI is InChI=1S/C26H19I2N3O3/c1-15(2)33-24-19(27)11-16(12-20(24)28)14-29-31-25(23-13-17-7-3-6-10-22(17)34-23)30-21-9-5-4-8-18(21)26(31)32/h3-15H,1-2H3. The Labute approximate surface area is 222 Å². The van der Waals surface area contributed by atoms with Gasteiger partial charge < -0.3 is 9.15 Å². The Balaban J connectivity index is 1.66. The highest BCUT2D eigenvalue weighted by atomic mass is 127. The average molecular weight is 675 g/mol. The molecule has 5 rings (SSSR count). The van der Waals surface area contributed by atoms with Crippen LogP contribution in [-0.4, -0.2) is 22.0 Å². The summed E-state index contributed by atoms with van der Waals surface area (Å²) in [5, 5.41) is 5.98. The van der Waals surface area contributed by atoms with E-state index in [1.807, 2.05) is 74.5 Å². The largest absolute Gasteiger partial charge is 0.489 e. The summed E-state index contributed by atoms with van der Waals surface area (Å²) < 4.78 is 15.2. The molecule has 0 fully saturated rings. The highest BCUT2D eigenvalue weighted by molar-refractivity contribution is 14.1. The summed E-state index contributed by atoms with van der Waals surface area (Å²) in [6.07, 6.45) is 1.74. The molecule has 2 heterocycles. The normalized spacial score (nSPS) is 11.8. The van der Waals surface area contributed by atoms with Crippen molar-refractivity contribution in [3.63, 3.8) is 0 Å². The number of benzene rings is 3. The average Bonchev–Trinajstić information content (AvgIpc) is 3.25. The van der Waals surface area contributed by atoms with Crippen LogP contribution in [0.1, 0.15) is 19.4 Å². The molecule has 0 amide bonds. The first-order chi connectivity index (χ1) is 16.4. The lowest BCUT2D eigenvalue weighted by Gasteiger charge is -2.14. The zero-order valence-corrected chi connectivity index (χ0v) is 22.6. The first-order valence-electron chi connectivity index (χ1n) is 10.6. The van der Waals surface area contributed by atoms with Crippen LogP contribution in [0.4, 0.5) is 0 Å². The zero-order chi connectivity index (χ0) is 23.8. The van der Waals surface area contributed by atoms with Gasteiger partial charge in [0.25, 0.3) is 5.56 Å². The van der Waals surface area contributed by atoms with Crippen molar-refractivity contribution in [2.24, 2.45) is 5.10 Å². The van der Waals surface area contributed by atoms with E-state index >= 15 is 0 Å². The maximum atomic E-state index is 13.4. The molecule has 0 bridgehead atoms. The van der Waals surface area contributed by atoms with Gasteiger partial charge in [0, 0.05) is 5.39 Å². The van der Waals surface area contributed by atoms with Gasteiger partial charge in [0.2, 0.25) is 5.82 Å². The number of aromatic nitrogens is 2. The molecule has 0 atom stereocenters. The van der Waals surface area contributed by atoms with E-state index in [-0.39, 0.29) is 11.7 Å². The topological polar surface area (TPSA) is 69.6 Å². The Morgan fingerprint density at radius 1 is 1.03 bits per heavy atom. The van der Waals surface area contributed by atoms with E-state index in [4.69, 9.17) is 14.1 Å². The Morgan fingerprint density at radius 2 is 1.74 bits per heavy atom. The van der Waals surface area contributed by atoms with Gasteiger partial charge in [-0.15, -0.1) is 0 Å². The lowest BCUT2D eigenvalue weighted by atomic mass is 10.2. The van der Waals surface area contributed by atoms with Crippen molar-refractivity contribution < 1.29 is 9.15 Å². The molecule has 0 unspecified atom stereocenters. The number of furan rings is 1.